The molecule has 0 radical (unpaired) electrons. The fraction of sp³-hybridized carbons (Fsp3) is 0.300. The highest BCUT2D eigenvalue weighted by Gasteiger charge is 2.12. The molecular formula is C20H23N. The lowest BCUT2D eigenvalue weighted by Gasteiger charge is -2.15. The second kappa shape index (κ2) is 5.77. The van der Waals surface area contributed by atoms with Crippen molar-refractivity contribution in [3.8, 4) is 11.3 Å². The molecule has 0 fully saturated rings. The third-order valence-electron chi connectivity index (χ3n) is 4.33. The zero-order valence-electron chi connectivity index (χ0n) is 13.1. The van der Waals surface area contributed by atoms with Crippen LogP contribution in [0.1, 0.15) is 48.8 Å². The van der Waals surface area contributed by atoms with E-state index in [1.807, 2.05) is 0 Å². The lowest BCUT2D eigenvalue weighted by molar-refractivity contribution is 0.853. The molecule has 2 aromatic rings. The van der Waals surface area contributed by atoms with Gasteiger partial charge in [-0.1, -0.05) is 50.3 Å². The van der Waals surface area contributed by atoms with E-state index in [1.165, 1.54) is 27.9 Å². The van der Waals surface area contributed by atoms with Crippen LogP contribution in [0.5, 0.6) is 0 Å². The highest BCUT2D eigenvalue weighted by molar-refractivity contribution is 5.66. The number of H-pyrrole nitrogens is 1. The molecule has 3 rings (SSSR count). The van der Waals surface area contributed by atoms with Crippen LogP contribution in [0.2, 0.25) is 0 Å². The lowest BCUT2D eigenvalue weighted by Crippen LogP contribution is -1.97. The summed E-state index contributed by atoms with van der Waals surface area (Å²) in [5, 5.41) is 0. The van der Waals surface area contributed by atoms with Gasteiger partial charge in [0.15, 0.2) is 0 Å². The van der Waals surface area contributed by atoms with Crippen LogP contribution in [0.25, 0.3) is 11.3 Å². The molecule has 108 valence electrons. The number of aromatic nitrogens is 1. The molecule has 1 aliphatic carbocycles. The largest absolute Gasteiger partial charge is 0.361 e. The number of nitrogens with one attached hydrogen (secondary N) is 1. The van der Waals surface area contributed by atoms with E-state index in [0.29, 0.717) is 11.8 Å². The minimum Gasteiger partial charge on any atom is -0.361 e. The molecule has 1 aromatic heterocycles. The maximum Gasteiger partial charge on any atom is 0.0459 e. The predicted molar refractivity (Wildman–Crippen MR) is 90.7 cm³/mol. The highest BCUT2D eigenvalue weighted by atomic mass is 14.7. The van der Waals surface area contributed by atoms with Gasteiger partial charge in [0.2, 0.25) is 0 Å². The van der Waals surface area contributed by atoms with E-state index < -0.39 is 0 Å². The van der Waals surface area contributed by atoms with Gasteiger partial charge in [0, 0.05) is 23.4 Å². The first-order valence-corrected chi connectivity index (χ1v) is 7.77. The Hall–Kier alpha value is -2.02. The number of aromatic amines is 1. The van der Waals surface area contributed by atoms with Crippen LogP contribution in [0, 0.1) is 6.92 Å². The molecule has 0 saturated carbocycles. The van der Waals surface area contributed by atoms with Gasteiger partial charge in [-0.05, 0) is 48.1 Å². The van der Waals surface area contributed by atoms with Gasteiger partial charge in [0.25, 0.3) is 0 Å². The average molecular weight is 277 g/mol. The number of aryl methyl sites for hydroxylation is 1. The summed E-state index contributed by atoms with van der Waals surface area (Å²) in [7, 11) is 0. The Balaban J connectivity index is 1.97. The summed E-state index contributed by atoms with van der Waals surface area (Å²) >= 11 is 0. The standard InChI is InChI=1S/C20H23N/c1-14(2)18-12-20(21-13-18)19-11-17(10-9-15(19)3)16-7-5-4-6-8-16/h4-7,9-14,16,21H,8H2,1-3H3. The van der Waals surface area contributed by atoms with Crippen LogP contribution in [0.15, 0.2) is 54.8 Å². The van der Waals surface area contributed by atoms with Crippen molar-refractivity contribution in [2.45, 2.75) is 39.0 Å². The molecule has 1 nitrogen and oxygen atoms in total. The van der Waals surface area contributed by atoms with Crippen molar-refractivity contribution in [1.29, 1.82) is 0 Å². The fourth-order valence-electron chi connectivity index (χ4n) is 2.89. The molecule has 0 spiro atoms. The normalized spacial score (nSPS) is 17.6. The van der Waals surface area contributed by atoms with E-state index in [4.69, 9.17) is 0 Å². The quantitative estimate of drug-likeness (QED) is 0.739. The molecule has 1 atom stereocenters. The maximum absolute atomic E-state index is 3.44. The van der Waals surface area contributed by atoms with Crippen LogP contribution in [-0.2, 0) is 0 Å². The Morgan fingerprint density at radius 2 is 2.00 bits per heavy atom. The number of rotatable bonds is 3. The molecule has 0 saturated heterocycles. The van der Waals surface area contributed by atoms with E-state index >= 15 is 0 Å². The zero-order chi connectivity index (χ0) is 14.8. The number of hydrogen-bond acceptors (Lipinski definition) is 0. The number of benzene rings is 1. The predicted octanol–water partition coefficient (Wildman–Crippen LogP) is 5.71. The third kappa shape index (κ3) is 2.87. The van der Waals surface area contributed by atoms with Crippen LogP contribution < -0.4 is 0 Å². The summed E-state index contributed by atoms with van der Waals surface area (Å²) in [5.41, 5.74) is 6.65. The molecule has 1 aromatic carbocycles. The van der Waals surface area contributed by atoms with Gasteiger partial charge in [0.05, 0.1) is 0 Å². The Morgan fingerprint density at radius 3 is 2.67 bits per heavy atom. The van der Waals surface area contributed by atoms with E-state index in [0.717, 1.165) is 6.42 Å². The summed E-state index contributed by atoms with van der Waals surface area (Å²) in [6.45, 7) is 6.65. The highest BCUT2D eigenvalue weighted by Crippen LogP contribution is 2.31. The molecule has 1 unspecified atom stereocenters. The Labute approximate surface area is 127 Å². The molecule has 1 heterocycles. The Morgan fingerprint density at radius 1 is 1.14 bits per heavy atom. The summed E-state index contributed by atoms with van der Waals surface area (Å²) < 4.78 is 0. The first kappa shape index (κ1) is 13.9. The van der Waals surface area contributed by atoms with Crippen LogP contribution in [0.4, 0.5) is 0 Å². The third-order valence-corrected chi connectivity index (χ3v) is 4.33. The van der Waals surface area contributed by atoms with E-state index in [9.17, 15) is 0 Å². The van der Waals surface area contributed by atoms with Gasteiger partial charge in [-0.25, -0.2) is 0 Å². The lowest BCUT2D eigenvalue weighted by atomic mass is 9.89. The van der Waals surface area contributed by atoms with Crippen LogP contribution in [-0.4, -0.2) is 4.98 Å². The van der Waals surface area contributed by atoms with Crippen molar-refractivity contribution in [3.05, 3.63) is 71.5 Å². The molecule has 0 aliphatic heterocycles. The topological polar surface area (TPSA) is 15.8 Å². The van der Waals surface area contributed by atoms with Crippen molar-refractivity contribution in [2.24, 2.45) is 0 Å². The summed E-state index contributed by atoms with van der Waals surface area (Å²) in [6, 6.07) is 9.14. The van der Waals surface area contributed by atoms with Crippen molar-refractivity contribution in [3.63, 3.8) is 0 Å². The first-order valence-electron chi connectivity index (χ1n) is 7.77. The summed E-state index contributed by atoms with van der Waals surface area (Å²) in [4.78, 5) is 3.44. The van der Waals surface area contributed by atoms with Crippen molar-refractivity contribution >= 4 is 0 Å². The van der Waals surface area contributed by atoms with Gasteiger partial charge in [-0.3, -0.25) is 0 Å². The minimum atomic E-state index is 0.508. The second-order valence-corrected chi connectivity index (χ2v) is 6.23. The fourth-order valence-corrected chi connectivity index (χ4v) is 2.89. The van der Waals surface area contributed by atoms with E-state index in [1.54, 1.807) is 0 Å². The second-order valence-electron chi connectivity index (χ2n) is 6.23. The maximum atomic E-state index is 3.44. The Kier molecular flexibility index (Phi) is 3.83. The number of allylic oxidation sites excluding steroid dienone is 4. The molecule has 0 bridgehead atoms. The van der Waals surface area contributed by atoms with Crippen LogP contribution in [0.3, 0.4) is 0 Å². The SMILES string of the molecule is Cc1ccc(C2C=CC=CC2)cc1-c1cc(C(C)C)c[nH]1. The van der Waals surface area contributed by atoms with Crippen molar-refractivity contribution in [2.75, 3.05) is 0 Å². The van der Waals surface area contributed by atoms with Gasteiger partial charge < -0.3 is 4.98 Å². The molecule has 1 N–H and O–H groups in total. The summed E-state index contributed by atoms with van der Waals surface area (Å²) in [5.74, 6) is 1.07. The summed E-state index contributed by atoms with van der Waals surface area (Å²) in [6.07, 6.45) is 12.1. The smallest absolute Gasteiger partial charge is 0.0459 e. The van der Waals surface area contributed by atoms with Gasteiger partial charge >= 0.3 is 0 Å². The van der Waals surface area contributed by atoms with Gasteiger partial charge in [-0.2, -0.15) is 0 Å². The van der Waals surface area contributed by atoms with Crippen molar-refractivity contribution < 1.29 is 0 Å². The van der Waals surface area contributed by atoms with E-state index in [-0.39, 0.29) is 0 Å². The first-order chi connectivity index (χ1) is 10.1. The monoisotopic (exact) mass is 277 g/mol. The Bertz CT molecular complexity index is 686. The van der Waals surface area contributed by atoms with Crippen LogP contribution >= 0.6 is 0 Å². The van der Waals surface area contributed by atoms with Crippen molar-refractivity contribution in [1.82, 2.24) is 4.98 Å². The molecule has 1 aliphatic rings. The van der Waals surface area contributed by atoms with Gasteiger partial charge in [0.1, 0.15) is 0 Å². The van der Waals surface area contributed by atoms with Gasteiger partial charge in [-0.15, -0.1) is 0 Å². The molecule has 1 heteroatoms. The zero-order valence-corrected chi connectivity index (χ0v) is 13.1. The molecular weight excluding hydrogens is 254 g/mol. The molecule has 0 amide bonds. The average Bonchev–Trinajstić information content (AvgIpc) is 2.98. The number of hydrogen-bond donors (Lipinski definition) is 1. The van der Waals surface area contributed by atoms with E-state index in [2.05, 4.69) is 80.5 Å². The minimum absolute atomic E-state index is 0.508. The molecule has 21 heavy (non-hydrogen) atoms.